The number of hydrogen-bond acceptors (Lipinski definition) is 4. The molecule has 0 fully saturated rings. The summed E-state index contributed by atoms with van der Waals surface area (Å²) in [5.74, 6) is -0.958. The minimum absolute atomic E-state index is 0.222. The lowest BCUT2D eigenvalue weighted by molar-refractivity contribution is -0.124. The molecule has 1 aromatic carbocycles. The van der Waals surface area contributed by atoms with Gasteiger partial charge in [0.1, 0.15) is 0 Å². The summed E-state index contributed by atoms with van der Waals surface area (Å²) in [5, 5.41) is 8.27. The highest BCUT2D eigenvalue weighted by Gasteiger charge is 2.04. The zero-order chi connectivity index (χ0) is 13.6. The molecule has 0 aromatic heterocycles. The molecule has 6 nitrogen and oxygen atoms in total. The van der Waals surface area contributed by atoms with Crippen LogP contribution in [0.3, 0.4) is 0 Å². The molecule has 0 bridgehead atoms. The maximum atomic E-state index is 10.7. The van der Waals surface area contributed by atoms with Crippen LogP contribution in [0.25, 0.3) is 6.08 Å². The Hall–Kier alpha value is -1.70. The van der Waals surface area contributed by atoms with Gasteiger partial charge in [0.15, 0.2) is 0 Å². The van der Waals surface area contributed by atoms with Crippen LogP contribution in [0.4, 0.5) is 0 Å². The van der Waals surface area contributed by atoms with Gasteiger partial charge in [0.05, 0.1) is 5.75 Å². The number of rotatable bonds is 5. The summed E-state index contributed by atoms with van der Waals surface area (Å²) >= 11 is 0. The van der Waals surface area contributed by atoms with E-state index in [0.717, 1.165) is 17.2 Å². The average Bonchev–Trinajstić information content (AvgIpc) is 2.33. The minimum Gasteiger partial charge on any atom is -0.288 e. The molecule has 98 valence electrons. The number of nitrogens with one attached hydrogen (secondary N) is 1. The third kappa shape index (κ3) is 5.58. The maximum Gasteiger partial charge on any atom is 0.267 e. The lowest BCUT2D eigenvalue weighted by Gasteiger charge is -2.00. The molecular formula is C11H13NO5S. The van der Waals surface area contributed by atoms with Crippen LogP contribution < -0.4 is 5.48 Å². The van der Waals surface area contributed by atoms with Crippen molar-refractivity contribution < 1.29 is 23.0 Å². The average molecular weight is 271 g/mol. The normalized spacial score (nSPS) is 11.7. The Balaban J connectivity index is 2.63. The van der Waals surface area contributed by atoms with Crippen LogP contribution in [0, 0.1) is 0 Å². The van der Waals surface area contributed by atoms with E-state index >= 15 is 0 Å². The molecule has 0 unspecified atom stereocenters. The van der Waals surface area contributed by atoms with Crippen LogP contribution in [-0.2, 0) is 21.3 Å². The van der Waals surface area contributed by atoms with E-state index in [1.807, 2.05) is 0 Å². The van der Waals surface area contributed by atoms with Gasteiger partial charge in [-0.15, -0.1) is 0 Å². The first-order chi connectivity index (χ1) is 8.40. The van der Waals surface area contributed by atoms with Crippen molar-refractivity contribution in [3.63, 3.8) is 0 Å². The predicted molar refractivity (Wildman–Crippen MR) is 65.5 cm³/mol. The van der Waals surface area contributed by atoms with E-state index in [9.17, 15) is 13.2 Å². The molecule has 0 atom stereocenters. The van der Waals surface area contributed by atoms with Gasteiger partial charge in [0.25, 0.3) is 16.0 Å². The van der Waals surface area contributed by atoms with Crippen LogP contribution >= 0.6 is 0 Å². The van der Waals surface area contributed by atoms with E-state index in [2.05, 4.69) is 0 Å². The molecule has 0 saturated carbocycles. The topological polar surface area (TPSA) is 104 Å². The zero-order valence-electron chi connectivity index (χ0n) is 9.41. The first kappa shape index (κ1) is 14.4. The molecule has 18 heavy (non-hydrogen) atoms. The summed E-state index contributed by atoms with van der Waals surface area (Å²) in [5.41, 5.74) is 2.95. The summed E-state index contributed by atoms with van der Waals surface area (Å²) in [6, 6.07) is 6.78. The molecule has 3 N–H and O–H groups in total. The summed E-state index contributed by atoms with van der Waals surface area (Å²) in [4.78, 5) is 10.7. The number of hydroxylamine groups is 1. The standard InChI is InChI=1S/C11H13NO5S/c13-11(12-14)6-5-9-1-3-10(4-2-9)7-8-18(15,16)17/h1-6,14H,7-8H2,(H,12,13)(H,15,16,17). The number of benzene rings is 1. The smallest absolute Gasteiger partial charge is 0.267 e. The number of amides is 1. The van der Waals surface area contributed by atoms with Gasteiger partial charge in [-0.1, -0.05) is 24.3 Å². The fourth-order valence-corrected chi connectivity index (χ4v) is 1.75. The summed E-state index contributed by atoms with van der Waals surface area (Å²) in [6.45, 7) is 0. The van der Waals surface area contributed by atoms with Crippen molar-refractivity contribution in [2.45, 2.75) is 6.42 Å². The summed E-state index contributed by atoms with van der Waals surface area (Å²) in [6.07, 6.45) is 2.88. The quantitative estimate of drug-likeness (QED) is 0.315. The monoisotopic (exact) mass is 271 g/mol. The Morgan fingerprint density at radius 1 is 1.28 bits per heavy atom. The molecule has 0 aliphatic heterocycles. The number of carbonyl (C=O) groups excluding carboxylic acids is 1. The van der Waals surface area contributed by atoms with E-state index in [-0.39, 0.29) is 12.2 Å². The first-order valence-electron chi connectivity index (χ1n) is 5.07. The Bertz CT molecular complexity index is 533. The molecule has 0 aliphatic rings. The van der Waals surface area contributed by atoms with Crippen molar-refractivity contribution in [2.24, 2.45) is 0 Å². The zero-order valence-corrected chi connectivity index (χ0v) is 10.2. The van der Waals surface area contributed by atoms with E-state index in [4.69, 9.17) is 9.76 Å². The van der Waals surface area contributed by atoms with E-state index in [0.29, 0.717) is 0 Å². The van der Waals surface area contributed by atoms with Gasteiger partial charge < -0.3 is 0 Å². The number of hydrogen-bond donors (Lipinski definition) is 3. The number of carbonyl (C=O) groups is 1. The van der Waals surface area contributed by atoms with Gasteiger partial charge in [-0.05, 0) is 23.6 Å². The third-order valence-corrected chi connectivity index (χ3v) is 2.89. The van der Waals surface area contributed by atoms with Gasteiger partial charge in [-0.25, -0.2) is 5.48 Å². The molecule has 0 spiro atoms. The Kier molecular flexibility index (Phi) is 5.02. The predicted octanol–water partition coefficient (Wildman–Crippen LogP) is 0.635. The molecule has 0 saturated heterocycles. The van der Waals surface area contributed by atoms with Crippen LogP contribution in [0.2, 0.25) is 0 Å². The fraction of sp³-hybridized carbons (Fsp3) is 0.182. The Morgan fingerprint density at radius 3 is 2.39 bits per heavy atom. The second-order valence-electron chi connectivity index (χ2n) is 3.59. The Morgan fingerprint density at radius 2 is 1.89 bits per heavy atom. The van der Waals surface area contributed by atoms with Crippen LogP contribution in [0.5, 0.6) is 0 Å². The molecular weight excluding hydrogens is 258 g/mol. The van der Waals surface area contributed by atoms with Gasteiger partial charge in [0, 0.05) is 6.08 Å². The van der Waals surface area contributed by atoms with Crippen LogP contribution in [0.15, 0.2) is 30.3 Å². The molecule has 1 aromatic rings. The molecule has 0 radical (unpaired) electrons. The van der Waals surface area contributed by atoms with E-state index < -0.39 is 16.0 Å². The highest BCUT2D eigenvalue weighted by Crippen LogP contribution is 2.07. The molecule has 0 heterocycles. The van der Waals surface area contributed by atoms with Crippen LogP contribution in [-0.4, -0.2) is 29.8 Å². The first-order valence-corrected chi connectivity index (χ1v) is 6.68. The highest BCUT2D eigenvalue weighted by molar-refractivity contribution is 7.85. The fourth-order valence-electron chi connectivity index (χ4n) is 1.25. The van der Waals surface area contributed by atoms with Gasteiger partial charge >= 0.3 is 0 Å². The Labute approximate surface area is 105 Å². The summed E-state index contributed by atoms with van der Waals surface area (Å²) in [7, 11) is -3.95. The minimum atomic E-state index is -3.95. The van der Waals surface area contributed by atoms with Gasteiger partial charge in [0.2, 0.25) is 0 Å². The van der Waals surface area contributed by atoms with Gasteiger partial charge in [-0.3, -0.25) is 14.6 Å². The second-order valence-corrected chi connectivity index (χ2v) is 5.16. The van der Waals surface area contributed by atoms with Crippen molar-refractivity contribution in [3.8, 4) is 0 Å². The maximum absolute atomic E-state index is 10.7. The SMILES string of the molecule is O=C(C=Cc1ccc(CCS(=O)(=O)O)cc1)NO. The van der Waals surface area contributed by atoms with Crippen LogP contribution in [0.1, 0.15) is 11.1 Å². The molecule has 0 aliphatic carbocycles. The van der Waals surface area contributed by atoms with E-state index in [1.165, 1.54) is 11.6 Å². The molecule has 1 amide bonds. The molecule has 7 heteroatoms. The number of aryl methyl sites for hydroxylation is 1. The van der Waals surface area contributed by atoms with Crippen molar-refractivity contribution in [2.75, 3.05) is 5.75 Å². The van der Waals surface area contributed by atoms with Gasteiger partial charge in [-0.2, -0.15) is 8.42 Å². The third-order valence-electron chi connectivity index (χ3n) is 2.17. The van der Waals surface area contributed by atoms with Crippen molar-refractivity contribution in [3.05, 3.63) is 41.5 Å². The summed E-state index contributed by atoms with van der Waals surface area (Å²) < 4.78 is 29.7. The lowest BCUT2D eigenvalue weighted by atomic mass is 10.1. The highest BCUT2D eigenvalue weighted by atomic mass is 32.2. The van der Waals surface area contributed by atoms with Crippen molar-refractivity contribution in [1.82, 2.24) is 5.48 Å². The second kappa shape index (κ2) is 6.29. The lowest BCUT2D eigenvalue weighted by Crippen LogP contribution is -2.14. The molecule has 1 rings (SSSR count). The van der Waals surface area contributed by atoms with Crippen molar-refractivity contribution >= 4 is 22.1 Å². The van der Waals surface area contributed by atoms with E-state index in [1.54, 1.807) is 24.3 Å². The van der Waals surface area contributed by atoms with Crippen molar-refractivity contribution in [1.29, 1.82) is 0 Å². The largest absolute Gasteiger partial charge is 0.288 e.